The third-order valence-electron chi connectivity index (χ3n) is 3.05. The van der Waals surface area contributed by atoms with Crippen LogP contribution in [0, 0.1) is 5.92 Å². The van der Waals surface area contributed by atoms with Gasteiger partial charge in [0.05, 0.1) is 12.2 Å². The van der Waals surface area contributed by atoms with Gasteiger partial charge in [-0.25, -0.2) is 4.79 Å². The van der Waals surface area contributed by atoms with E-state index in [2.05, 4.69) is 6.92 Å². The lowest BCUT2D eigenvalue weighted by molar-refractivity contribution is 0.0530. The summed E-state index contributed by atoms with van der Waals surface area (Å²) in [5.41, 5.74) is 0. The molecule has 100 valence electrons. The summed E-state index contributed by atoms with van der Waals surface area (Å²) >= 11 is 1.41. The molecule has 17 heavy (non-hydrogen) atoms. The molecule has 1 atom stereocenters. The second-order valence-electron chi connectivity index (χ2n) is 4.73. The molecular weight excluding hydrogens is 238 g/mol. The summed E-state index contributed by atoms with van der Waals surface area (Å²) in [5.74, 6) is 0.547. The summed E-state index contributed by atoms with van der Waals surface area (Å²) < 4.78 is 10.7. The zero-order valence-corrected chi connectivity index (χ0v) is 12.0. The molecule has 0 aromatic heterocycles. The first-order valence-corrected chi connectivity index (χ1v) is 7.34. The summed E-state index contributed by atoms with van der Waals surface area (Å²) in [6.07, 6.45) is 3.96. The molecule has 4 nitrogen and oxygen atoms in total. The molecule has 0 N–H and O–H groups in total. The van der Waals surface area contributed by atoms with Crippen LogP contribution in [0.15, 0.2) is 0 Å². The lowest BCUT2D eigenvalue weighted by Crippen LogP contribution is -2.41. The van der Waals surface area contributed by atoms with Crippen molar-refractivity contribution in [3.8, 4) is 0 Å². The van der Waals surface area contributed by atoms with Crippen molar-refractivity contribution < 1.29 is 13.7 Å². The molecule has 1 heterocycles. The molecule has 1 unspecified atom stereocenters. The summed E-state index contributed by atoms with van der Waals surface area (Å²) in [6, 6.07) is 0. The van der Waals surface area contributed by atoms with Crippen molar-refractivity contribution in [1.82, 2.24) is 4.90 Å². The minimum absolute atomic E-state index is 0.0426. The molecule has 0 spiro atoms. The van der Waals surface area contributed by atoms with Crippen molar-refractivity contribution >= 4 is 18.1 Å². The lowest BCUT2D eigenvalue weighted by Gasteiger charge is -2.34. The minimum Gasteiger partial charge on any atom is -0.447 e. The van der Waals surface area contributed by atoms with Crippen molar-refractivity contribution in [2.24, 2.45) is 5.92 Å². The Morgan fingerprint density at radius 2 is 1.88 bits per heavy atom. The Kier molecular flexibility index (Phi) is 6.12. The molecule has 0 aromatic rings. The number of rotatable bonds is 4. The van der Waals surface area contributed by atoms with Crippen LogP contribution >= 0.6 is 12.0 Å². The fraction of sp³-hybridized carbons (Fsp3) is 0.917. The number of amides is 1. The van der Waals surface area contributed by atoms with Gasteiger partial charge >= 0.3 is 6.09 Å². The van der Waals surface area contributed by atoms with Crippen molar-refractivity contribution in [1.29, 1.82) is 0 Å². The highest BCUT2D eigenvalue weighted by molar-refractivity contribution is 7.93. The molecule has 1 saturated heterocycles. The van der Waals surface area contributed by atoms with Crippen LogP contribution in [0.2, 0.25) is 0 Å². The number of ether oxygens (including phenoxy) is 1. The Morgan fingerprint density at radius 1 is 1.29 bits per heavy atom. The quantitative estimate of drug-likeness (QED) is 0.729. The smallest absolute Gasteiger partial charge is 0.410 e. The number of likely N-dealkylation sites (tertiary alicyclic amines) is 1. The maximum atomic E-state index is 11.7. The van der Waals surface area contributed by atoms with Gasteiger partial charge in [-0.1, -0.05) is 0 Å². The van der Waals surface area contributed by atoms with Gasteiger partial charge in [0.1, 0.15) is 0 Å². The molecule has 1 aliphatic rings. The van der Waals surface area contributed by atoms with E-state index in [9.17, 15) is 4.79 Å². The number of nitrogens with zero attached hydrogens (tertiary/aromatic N) is 1. The molecule has 0 saturated carbocycles. The predicted octanol–water partition coefficient (Wildman–Crippen LogP) is 2.93. The summed E-state index contributed by atoms with van der Waals surface area (Å²) in [5, 5.41) is 0. The Bertz CT molecular complexity index is 240. The predicted molar refractivity (Wildman–Crippen MR) is 70.0 cm³/mol. The zero-order chi connectivity index (χ0) is 12.8. The summed E-state index contributed by atoms with van der Waals surface area (Å²) in [4.78, 5) is 13.5. The van der Waals surface area contributed by atoms with Gasteiger partial charge < -0.3 is 13.8 Å². The lowest BCUT2D eigenvalue weighted by atomic mass is 9.92. The average molecular weight is 261 g/mol. The number of hydrogen-bond donors (Lipinski definition) is 0. The molecule has 0 aliphatic carbocycles. The summed E-state index contributed by atoms with van der Waals surface area (Å²) in [7, 11) is 0. The second-order valence-corrected chi connectivity index (χ2v) is 5.25. The maximum absolute atomic E-state index is 11.7. The van der Waals surface area contributed by atoms with Crippen LogP contribution < -0.4 is 0 Å². The molecule has 0 bridgehead atoms. The van der Waals surface area contributed by atoms with E-state index in [1.165, 1.54) is 12.0 Å². The summed E-state index contributed by atoms with van der Waals surface area (Å²) in [6.45, 7) is 7.40. The average Bonchev–Trinajstić information content (AvgIpc) is 2.28. The molecule has 1 fully saturated rings. The van der Waals surface area contributed by atoms with Gasteiger partial charge in [0.25, 0.3) is 0 Å². The topological polar surface area (TPSA) is 38.8 Å². The first kappa shape index (κ1) is 14.6. The highest BCUT2D eigenvalue weighted by Crippen LogP contribution is 2.24. The van der Waals surface area contributed by atoms with E-state index >= 15 is 0 Å². The van der Waals surface area contributed by atoms with E-state index in [4.69, 9.17) is 8.92 Å². The number of hydrogen-bond acceptors (Lipinski definition) is 4. The van der Waals surface area contributed by atoms with Crippen LogP contribution in [0.25, 0.3) is 0 Å². The Labute approximate surface area is 108 Å². The van der Waals surface area contributed by atoms with Crippen LogP contribution in [0.4, 0.5) is 4.79 Å². The van der Waals surface area contributed by atoms with Gasteiger partial charge in [0.15, 0.2) is 0 Å². The van der Waals surface area contributed by atoms with Crippen LogP contribution in [0.5, 0.6) is 0 Å². The van der Waals surface area contributed by atoms with Crippen molar-refractivity contribution in [2.45, 2.75) is 45.8 Å². The molecule has 1 rings (SSSR count). The number of carbonyl (C=O) groups is 1. The third kappa shape index (κ3) is 4.76. The zero-order valence-electron chi connectivity index (χ0n) is 11.1. The van der Waals surface area contributed by atoms with E-state index < -0.39 is 0 Å². The standard InChI is InChI=1S/C12H23NO3S/c1-9(2)15-12(14)13-7-5-11(6-8-13)10(3)16-17-4/h9-11H,5-8H2,1-4H3. The molecule has 0 aromatic carbocycles. The third-order valence-corrected chi connectivity index (χ3v) is 3.54. The molecule has 0 radical (unpaired) electrons. The van der Waals surface area contributed by atoms with Crippen LogP contribution in [0.3, 0.4) is 0 Å². The highest BCUT2D eigenvalue weighted by atomic mass is 32.2. The largest absolute Gasteiger partial charge is 0.447 e. The van der Waals surface area contributed by atoms with Gasteiger partial charge in [-0.3, -0.25) is 0 Å². The van der Waals surface area contributed by atoms with E-state index in [0.717, 1.165) is 25.9 Å². The minimum atomic E-state index is -0.183. The normalized spacial score (nSPS) is 19.5. The second kappa shape index (κ2) is 7.11. The van der Waals surface area contributed by atoms with Crippen LogP contribution in [-0.2, 0) is 8.92 Å². The van der Waals surface area contributed by atoms with Gasteiger partial charge in [-0.05, 0) is 51.6 Å². The van der Waals surface area contributed by atoms with E-state index in [0.29, 0.717) is 5.92 Å². The van der Waals surface area contributed by atoms with E-state index in [1.54, 1.807) is 4.90 Å². The Balaban J connectivity index is 2.32. The van der Waals surface area contributed by atoms with E-state index in [-0.39, 0.29) is 18.3 Å². The molecule has 1 amide bonds. The van der Waals surface area contributed by atoms with Gasteiger partial charge in [0.2, 0.25) is 0 Å². The monoisotopic (exact) mass is 261 g/mol. The van der Waals surface area contributed by atoms with Crippen molar-refractivity contribution in [2.75, 3.05) is 19.3 Å². The fourth-order valence-corrected chi connectivity index (χ4v) is 2.52. The van der Waals surface area contributed by atoms with Crippen LogP contribution in [-0.4, -0.2) is 42.5 Å². The van der Waals surface area contributed by atoms with Gasteiger partial charge in [-0.15, -0.1) is 0 Å². The SMILES string of the molecule is CSOC(C)C1CCN(C(=O)OC(C)C)CC1. The van der Waals surface area contributed by atoms with Crippen molar-refractivity contribution in [3.05, 3.63) is 0 Å². The van der Waals surface area contributed by atoms with E-state index in [1.807, 2.05) is 20.1 Å². The molecule has 5 heteroatoms. The van der Waals surface area contributed by atoms with Crippen LogP contribution in [0.1, 0.15) is 33.6 Å². The number of carbonyl (C=O) groups excluding carboxylic acids is 1. The van der Waals surface area contributed by atoms with Gasteiger partial charge in [0, 0.05) is 19.3 Å². The fourth-order valence-electron chi connectivity index (χ4n) is 2.06. The first-order valence-electron chi connectivity index (χ1n) is 6.19. The van der Waals surface area contributed by atoms with Crippen molar-refractivity contribution in [3.63, 3.8) is 0 Å². The Hall–Kier alpha value is -0.420. The highest BCUT2D eigenvalue weighted by Gasteiger charge is 2.27. The molecular formula is C12H23NO3S. The molecule has 1 aliphatic heterocycles. The maximum Gasteiger partial charge on any atom is 0.410 e. The first-order chi connectivity index (χ1) is 8.04. The van der Waals surface area contributed by atoms with Gasteiger partial charge in [-0.2, -0.15) is 0 Å². The Morgan fingerprint density at radius 3 is 2.35 bits per heavy atom. The number of piperidine rings is 1.